The lowest BCUT2D eigenvalue weighted by Gasteiger charge is -2.17. The molecule has 0 radical (unpaired) electrons. The quantitative estimate of drug-likeness (QED) is 0.764. The molecule has 3 amide bonds. The van der Waals surface area contributed by atoms with Crippen LogP contribution in [0.2, 0.25) is 10.0 Å². The van der Waals surface area contributed by atoms with Gasteiger partial charge in [-0.05, 0) is 36.4 Å². The van der Waals surface area contributed by atoms with E-state index in [1.54, 1.807) is 42.5 Å². The lowest BCUT2D eigenvalue weighted by molar-refractivity contribution is 0.0841. The van der Waals surface area contributed by atoms with Crippen molar-refractivity contribution in [3.05, 3.63) is 62.5 Å². The Labute approximate surface area is 146 Å². The zero-order valence-corrected chi connectivity index (χ0v) is 14.5. The van der Waals surface area contributed by atoms with Crippen molar-refractivity contribution in [3.63, 3.8) is 0 Å². The summed E-state index contributed by atoms with van der Waals surface area (Å²) in [6.07, 6.45) is 0. The number of imide groups is 1. The van der Waals surface area contributed by atoms with Gasteiger partial charge in [-0.1, -0.05) is 45.2 Å². The highest BCUT2D eigenvalue weighted by Crippen LogP contribution is 2.25. The van der Waals surface area contributed by atoms with E-state index in [0.29, 0.717) is 5.69 Å². The summed E-state index contributed by atoms with van der Waals surface area (Å²) in [5.74, 6) is -0.579. The maximum atomic E-state index is 12.4. The average molecular weight is 402 g/mol. The van der Waals surface area contributed by atoms with Gasteiger partial charge in [0.15, 0.2) is 0 Å². The summed E-state index contributed by atoms with van der Waals surface area (Å²) < 4.78 is 0.887. The minimum absolute atomic E-state index is 0.0966. The third-order valence-electron chi connectivity index (χ3n) is 2.88. The van der Waals surface area contributed by atoms with E-state index in [4.69, 9.17) is 23.2 Å². The van der Waals surface area contributed by atoms with Crippen LogP contribution in [0.5, 0.6) is 0 Å². The monoisotopic (exact) mass is 400 g/mol. The van der Waals surface area contributed by atoms with E-state index >= 15 is 0 Å². The molecular formula is C15H11BrCl2N2O2. The molecule has 0 fully saturated rings. The molecule has 0 aliphatic heterocycles. The summed E-state index contributed by atoms with van der Waals surface area (Å²) in [6.45, 7) is 0. The van der Waals surface area contributed by atoms with Crippen LogP contribution in [0.1, 0.15) is 10.4 Å². The molecule has 2 rings (SSSR count). The predicted octanol–water partition coefficient (Wildman–Crippen LogP) is 5.06. The van der Waals surface area contributed by atoms with Crippen LogP contribution >= 0.6 is 39.1 Å². The molecule has 1 N–H and O–H groups in total. The van der Waals surface area contributed by atoms with Gasteiger partial charge in [-0.2, -0.15) is 0 Å². The van der Waals surface area contributed by atoms with Crippen LogP contribution in [0.15, 0.2) is 46.9 Å². The Balaban J connectivity index is 2.16. The number of carbonyl (C=O) groups is 2. The molecule has 0 aromatic heterocycles. The van der Waals surface area contributed by atoms with Gasteiger partial charge >= 0.3 is 6.03 Å². The second-order valence-electron chi connectivity index (χ2n) is 4.40. The minimum Gasteiger partial charge on any atom is -0.307 e. The molecule has 0 saturated carbocycles. The standard InChI is InChI=1S/C15H11BrCl2N2O2/c1-20(14(21)13-11(17)3-2-4-12(13)18)15(22)19-10-7-5-9(16)6-8-10/h2-8H,1H3,(H,19,22). The van der Waals surface area contributed by atoms with Crippen molar-refractivity contribution in [2.24, 2.45) is 0 Å². The van der Waals surface area contributed by atoms with Gasteiger partial charge in [-0.25, -0.2) is 4.79 Å². The summed E-state index contributed by atoms with van der Waals surface area (Å²) in [7, 11) is 1.36. The van der Waals surface area contributed by atoms with E-state index in [9.17, 15) is 9.59 Å². The number of hydrogen-bond donors (Lipinski definition) is 1. The summed E-state index contributed by atoms with van der Waals surface area (Å²) in [6, 6.07) is 11.1. The van der Waals surface area contributed by atoms with Gasteiger partial charge in [0.2, 0.25) is 0 Å². The molecular weight excluding hydrogens is 391 g/mol. The number of urea groups is 1. The van der Waals surface area contributed by atoms with E-state index in [0.717, 1.165) is 9.37 Å². The number of benzene rings is 2. The van der Waals surface area contributed by atoms with Crippen LogP contribution in [0, 0.1) is 0 Å². The van der Waals surface area contributed by atoms with E-state index in [2.05, 4.69) is 21.2 Å². The van der Waals surface area contributed by atoms with E-state index in [1.165, 1.54) is 7.05 Å². The molecule has 2 aromatic carbocycles. The van der Waals surface area contributed by atoms with Crippen LogP contribution in [0.25, 0.3) is 0 Å². The number of halogens is 3. The van der Waals surface area contributed by atoms with Crippen molar-refractivity contribution >= 4 is 56.8 Å². The van der Waals surface area contributed by atoms with E-state index in [1.807, 2.05) is 0 Å². The van der Waals surface area contributed by atoms with Crippen LogP contribution in [0.4, 0.5) is 10.5 Å². The molecule has 7 heteroatoms. The maximum absolute atomic E-state index is 12.4. The topological polar surface area (TPSA) is 49.4 Å². The largest absolute Gasteiger partial charge is 0.328 e. The first-order chi connectivity index (χ1) is 10.4. The lowest BCUT2D eigenvalue weighted by Crippen LogP contribution is -2.36. The van der Waals surface area contributed by atoms with Gasteiger partial charge < -0.3 is 5.32 Å². The average Bonchev–Trinajstić information content (AvgIpc) is 2.48. The molecule has 0 aliphatic carbocycles. The van der Waals surface area contributed by atoms with Crippen LogP contribution < -0.4 is 5.32 Å². The predicted molar refractivity (Wildman–Crippen MR) is 91.7 cm³/mol. The highest BCUT2D eigenvalue weighted by Gasteiger charge is 2.23. The Hall–Kier alpha value is -1.56. The SMILES string of the molecule is CN(C(=O)Nc1ccc(Br)cc1)C(=O)c1c(Cl)cccc1Cl. The molecule has 4 nitrogen and oxygen atoms in total. The zero-order valence-electron chi connectivity index (χ0n) is 11.4. The number of anilines is 1. The summed E-state index contributed by atoms with van der Waals surface area (Å²) in [5, 5.41) is 3.01. The van der Waals surface area contributed by atoms with Crippen molar-refractivity contribution in [2.75, 3.05) is 12.4 Å². The van der Waals surface area contributed by atoms with Gasteiger partial charge in [0.1, 0.15) is 0 Å². The van der Waals surface area contributed by atoms with E-state index < -0.39 is 11.9 Å². The smallest absolute Gasteiger partial charge is 0.307 e. The van der Waals surface area contributed by atoms with Gasteiger partial charge in [-0.3, -0.25) is 9.69 Å². The number of rotatable bonds is 2. The molecule has 0 saturated heterocycles. The third kappa shape index (κ3) is 3.80. The molecule has 114 valence electrons. The fourth-order valence-electron chi connectivity index (χ4n) is 1.70. The van der Waals surface area contributed by atoms with Crippen LogP contribution in [-0.2, 0) is 0 Å². The fraction of sp³-hybridized carbons (Fsp3) is 0.0667. The number of carbonyl (C=O) groups excluding carboxylic acids is 2. The maximum Gasteiger partial charge on any atom is 0.328 e. The highest BCUT2D eigenvalue weighted by atomic mass is 79.9. The third-order valence-corrected chi connectivity index (χ3v) is 4.04. The number of amides is 3. The molecule has 0 atom stereocenters. The van der Waals surface area contributed by atoms with E-state index in [-0.39, 0.29) is 15.6 Å². The lowest BCUT2D eigenvalue weighted by atomic mass is 10.2. The summed E-state index contributed by atoms with van der Waals surface area (Å²) in [5.41, 5.74) is 0.664. The minimum atomic E-state index is -0.580. The van der Waals surface area contributed by atoms with Gasteiger partial charge in [0.25, 0.3) is 5.91 Å². The Bertz CT molecular complexity index is 700. The molecule has 0 unspecified atom stereocenters. The Kier molecular flexibility index (Phi) is 5.45. The van der Waals surface area contributed by atoms with Crippen molar-refractivity contribution in [2.45, 2.75) is 0 Å². The number of nitrogens with zero attached hydrogens (tertiary/aromatic N) is 1. The molecule has 2 aromatic rings. The highest BCUT2D eigenvalue weighted by molar-refractivity contribution is 9.10. The first-order valence-corrected chi connectivity index (χ1v) is 7.73. The second kappa shape index (κ2) is 7.13. The van der Waals surface area contributed by atoms with Crippen molar-refractivity contribution in [1.82, 2.24) is 4.90 Å². The zero-order chi connectivity index (χ0) is 16.3. The molecule has 0 spiro atoms. The summed E-state index contributed by atoms with van der Waals surface area (Å²) in [4.78, 5) is 25.4. The normalized spacial score (nSPS) is 10.2. The number of nitrogens with one attached hydrogen (secondary N) is 1. The second-order valence-corrected chi connectivity index (χ2v) is 6.13. The van der Waals surface area contributed by atoms with Crippen molar-refractivity contribution < 1.29 is 9.59 Å². The summed E-state index contributed by atoms with van der Waals surface area (Å²) >= 11 is 15.3. The fourth-order valence-corrected chi connectivity index (χ4v) is 2.53. The van der Waals surface area contributed by atoms with Crippen molar-refractivity contribution in [3.8, 4) is 0 Å². The van der Waals surface area contributed by atoms with Gasteiger partial charge in [0, 0.05) is 17.2 Å². The molecule has 0 bridgehead atoms. The molecule has 22 heavy (non-hydrogen) atoms. The molecule has 0 aliphatic rings. The first kappa shape index (κ1) is 16.8. The Morgan fingerprint density at radius 2 is 1.59 bits per heavy atom. The van der Waals surface area contributed by atoms with Crippen LogP contribution in [-0.4, -0.2) is 23.9 Å². The van der Waals surface area contributed by atoms with Crippen LogP contribution in [0.3, 0.4) is 0 Å². The Morgan fingerprint density at radius 1 is 1.05 bits per heavy atom. The van der Waals surface area contributed by atoms with Gasteiger partial charge in [0.05, 0.1) is 15.6 Å². The molecule has 0 heterocycles. The number of hydrogen-bond acceptors (Lipinski definition) is 2. The first-order valence-electron chi connectivity index (χ1n) is 6.19. The van der Waals surface area contributed by atoms with Crippen molar-refractivity contribution in [1.29, 1.82) is 0 Å². The Morgan fingerprint density at radius 3 is 2.14 bits per heavy atom. The van der Waals surface area contributed by atoms with Gasteiger partial charge in [-0.15, -0.1) is 0 Å².